The number of hydrogen-bond donors (Lipinski definition) is 1. The van der Waals surface area contributed by atoms with Gasteiger partial charge >= 0.3 is 0 Å². The number of benzene rings is 1. The Hall–Kier alpha value is -1.89. The monoisotopic (exact) mass is 338 g/mol. The van der Waals surface area contributed by atoms with E-state index >= 15 is 0 Å². The van der Waals surface area contributed by atoms with Crippen LogP contribution in [0.15, 0.2) is 24.3 Å². The SMILES string of the molecule is CCc1ccccc1N(CC(=O)NC1CCS(=O)(=O)C1)C(C)=O. The Kier molecular flexibility index (Phi) is 5.41. The zero-order chi connectivity index (χ0) is 17.0. The molecule has 1 unspecified atom stereocenters. The van der Waals surface area contributed by atoms with Crippen LogP contribution in [0.3, 0.4) is 0 Å². The standard InChI is InChI=1S/C16H22N2O4S/c1-3-13-6-4-5-7-15(13)18(12(2)19)10-16(20)17-14-8-9-23(21,22)11-14/h4-7,14H,3,8-11H2,1-2H3,(H,17,20). The van der Waals surface area contributed by atoms with Crippen molar-refractivity contribution in [1.82, 2.24) is 5.32 Å². The highest BCUT2D eigenvalue weighted by Crippen LogP contribution is 2.21. The van der Waals surface area contributed by atoms with Gasteiger partial charge in [-0.05, 0) is 24.5 Å². The zero-order valence-corrected chi connectivity index (χ0v) is 14.2. The largest absolute Gasteiger partial charge is 0.351 e. The Morgan fingerprint density at radius 2 is 2.00 bits per heavy atom. The second-order valence-electron chi connectivity index (χ2n) is 5.75. The first-order valence-electron chi connectivity index (χ1n) is 7.68. The van der Waals surface area contributed by atoms with Crippen LogP contribution in [0.5, 0.6) is 0 Å². The minimum atomic E-state index is -3.04. The first-order valence-corrected chi connectivity index (χ1v) is 9.50. The summed E-state index contributed by atoms with van der Waals surface area (Å²) in [6.07, 6.45) is 1.18. The van der Waals surface area contributed by atoms with E-state index in [0.29, 0.717) is 6.42 Å². The molecule has 0 aromatic heterocycles. The van der Waals surface area contributed by atoms with Gasteiger partial charge in [-0.25, -0.2) is 8.42 Å². The number of sulfone groups is 1. The molecule has 1 heterocycles. The van der Waals surface area contributed by atoms with E-state index in [1.54, 1.807) is 0 Å². The Labute approximate surface area is 136 Å². The number of nitrogens with one attached hydrogen (secondary N) is 1. The Bertz CT molecular complexity index is 700. The van der Waals surface area contributed by atoms with Crippen LogP contribution in [0, 0.1) is 0 Å². The summed E-state index contributed by atoms with van der Waals surface area (Å²) >= 11 is 0. The average Bonchev–Trinajstić information content (AvgIpc) is 2.83. The lowest BCUT2D eigenvalue weighted by Gasteiger charge is -2.24. The van der Waals surface area contributed by atoms with E-state index in [0.717, 1.165) is 17.7 Å². The summed E-state index contributed by atoms with van der Waals surface area (Å²) in [5.74, 6) is -0.481. The van der Waals surface area contributed by atoms with E-state index in [1.165, 1.54) is 11.8 Å². The number of para-hydroxylation sites is 1. The lowest BCUT2D eigenvalue weighted by atomic mass is 10.1. The molecule has 126 valence electrons. The Balaban J connectivity index is 2.08. The van der Waals surface area contributed by atoms with Crippen molar-refractivity contribution in [3.63, 3.8) is 0 Å². The van der Waals surface area contributed by atoms with E-state index in [4.69, 9.17) is 0 Å². The van der Waals surface area contributed by atoms with Crippen LogP contribution in [0.4, 0.5) is 5.69 Å². The fourth-order valence-electron chi connectivity index (χ4n) is 2.77. The van der Waals surface area contributed by atoms with E-state index in [-0.39, 0.29) is 35.9 Å². The van der Waals surface area contributed by atoms with Crippen LogP contribution in [-0.2, 0) is 25.8 Å². The van der Waals surface area contributed by atoms with Crippen molar-refractivity contribution in [2.24, 2.45) is 0 Å². The summed E-state index contributed by atoms with van der Waals surface area (Å²) in [6.45, 7) is 3.29. The summed E-state index contributed by atoms with van der Waals surface area (Å²) in [5.41, 5.74) is 1.70. The Morgan fingerprint density at radius 1 is 1.30 bits per heavy atom. The number of anilines is 1. The quantitative estimate of drug-likeness (QED) is 0.865. The highest BCUT2D eigenvalue weighted by atomic mass is 32.2. The van der Waals surface area contributed by atoms with Crippen LogP contribution in [-0.4, -0.2) is 44.3 Å². The molecule has 0 aliphatic carbocycles. The molecule has 1 aromatic carbocycles. The fourth-order valence-corrected chi connectivity index (χ4v) is 4.44. The maximum atomic E-state index is 12.2. The second-order valence-corrected chi connectivity index (χ2v) is 7.98. The number of rotatable bonds is 5. The molecule has 6 nitrogen and oxygen atoms in total. The first-order chi connectivity index (χ1) is 10.8. The molecule has 1 atom stereocenters. The lowest BCUT2D eigenvalue weighted by Crippen LogP contribution is -2.44. The van der Waals surface area contributed by atoms with Crippen molar-refractivity contribution < 1.29 is 18.0 Å². The van der Waals surface area contributed by atoms with Crippen molar-refractivity contribution >= 4 is 27.3 Å². The summed E-state index contributed by atoms with van der Waals surface area (Å²) in [5, 5.41) is 2.72. The summed E-state index contributed by atoms with van der Waals surface area (Å²) in [4.78, 5) is 25.6. The first kappa shape index (κ1) is 17.5. The fraction of sp³-hybridized carbons (Fsp3) is 0.500. The topological polar surface area (TPSA) is 83.6 Å². The average molecular weight is 338 g/mol. The van der Waals surface area contributed by atoms with Gasteiger partial charge in [0.05, 0.1) is 11.5 Å². The van der Waals surface area contributed by atoms with Crippen LogP contribution in [0.25, 0.3) is 0 Å². The van der Waals surface area contributed by atoms with Crippen LogP contribution < -0.4 is 10.2 Å². The van der Waals surface area contributed by atoms with Gasteiger partial charge in [0.2, 0.25) is 11.8 Å². The minimum absolute atomic E-state index is 0.0235. The van der Waals surface area contributed by atoms with Gasteiger partial charge < -0.3 is 10.2 Å². The third-order valence-electron chi connectivity index (χ3n) is 3.94. The molecule has 1 saturated heterocycles. The van der Waals surface area contributed by atoms with E-state index in [9.17, 15) is 18.0 Å². The lowest BCUT2D eigenvalue weighted by molar-refractivity contribution is -0.123. The van der Waals surface area contributed by atoms with Gasteiger partial charge in [0.25, 0.3) is 0 Å². The number of hydrogen-bond acceptors (Lipinski definition) is 4. The van der Waals surface area contributed by atoms with Crippen molar-refractivity contribution in [3.8, 4) is 0 Å². The van der Waals surface area contributed by atoms with Gasteiger partial charge in [-0.3, -0.25) is 9.59 Å². The summed E-state index contributed by atoms with van der Waals surface area (Å²) < 4.78 is 22.9. The van der Waals surface area contributed by atoms with E-state index in [1.807, 2.05) is 31.2 Å². The number of nitrogens with zero attached hydrogens (tertiary/aromatic N) is 1. The highest BCUT2D eigenvalue weighted by molar-refractivity contribution is 7.91. The molecule has 2 amide bonds. The molecule has 0 spiro atoms. The Morgan fingerprint density at radius 3 is 2.57 bits per heavy atom. The van der Waals surface area contributed by atoms with E-state index in [2.05, 4.69) is 5.32 Å². The predicted octanol–water partition coefficient (Wildman–Crippen LogP) is 0.905. The highest BCUT2D eigenvalue weighted by Gasteiger charge is 2.29. The molecule has 0 radical (unpaired) electrons. The number of amides is 2. The molecule has 0 saturated carbocycles. The van der Waals surface area contributed by atoms with Gasteiger partial charge in [-0.2, -0.15) is 0 Å². The van der Waals surface area contributed by atoms with Crippen LogP contribution in [0.1, 0.15) is 25.8 Å². The third kappa shape index (κ3) is 4.54. The molecule has 1 N–H and O–H groups in total. The van der Waals surface area contributed by atoms with Gasteiger partial charge in [0.15, 0.2) is 9.84 Å². The summed E-state index contributed by atoms with van der Waals surface area (Å²) in [6, 6.07) is 7.10. The van der Waals surface area contributed by atoms with E-state index < -0.39 is 9.84 Å². The second kappa shape index (κ2) is 7.12. The predicted molar refractivity (Wildman–Crippen MR) is 89.0 cm³/mol. The van der Waals surface area contributed by atoms with Crippen molar-refractivity contribution in [2.75, 3.05) is 23.0 Å². The summed E-state index contributed by atoms with van der Waals surface area (Å²) in [7, 11) is -3.04. The minimum Gasteiger partial charge on any atom is -0.351 e. The van der Waals surface area contributed by atoms with Gasteiger partial charge in [-0.1, -0.05) is 25.1 Å². The third-order valence-corrected chi connectivity index (χ3v) is 5.71. The normalized spacial score (nSPS) is 19.3. The molecule has 1 aliphatic heterocycles. The van der Waals surface area contributed by atoms with Crippen LogP contribution in [0.2, 0.25) is 0 Å². The molecule has 1 aromatic rings. The molecule has 23 heavy (non-hydrogen) atoms. The van der Waals surface area contributed by atoms with Crippen molar-refractivity contribution in [1.29, 1.82) is 0 Å². The molecular formula is C16H22N2O4S. The van der Waals surface area contributed by atoms with Gasteiger partial charge in [0.1, 0.15) is 6.54 Å². The molecule has 1 fully saturated rings. The molecule has 0 bridgehead atoms. The van der Waals surface area contributed by atoms with Crippen molar-refractivity contribution in [2.45, 2.75) is 32.7 Å². The van der Waals surface area contributed by atoms with Crippen LogP contribution >= 0.6 is 0 Å². The molecule has 2 rings (SSSR count). The molecule has 7 heteroatoms. The van der Waals surface area contributed by atoms with Gasteiger partial charge in [-0.15, -0.1) is 0 Å². The number of carbonyl (C=O) groups is 2. The van der Waals surface area contributed by atoms with Crippen molar-refractivity contribution in [3.05, 3.63) is 29.8 Å². The molecular weight excluding hydrogens is 316 g/mol. The number of aryl methyl sites for hydroxylation is 1. The maximum Gasteiger partial charge on any atom is 0.240 e. The number of carbonyl (C=O) groups excluding carboxylic acids is 2. The maximum absolute atomic E-state index is 12.2. The smallest absolute Gasteiger partial charge is 0.240 e. The van der Waals surface area contributed by atoms with Gasteiger partial charge in [0, 0.05) is 18.7 Å². The molecule has 1 aliphatic rings. The zero-order valence-electron chi connectivity index (χ0n) is 13.4.